The van der Waals surface area contributed by atoms with Crippen molar-refractivity contribution in [1.82, 2.24) is 0 Å². The van der Waals surface area contributed by atoms with E-state index in [2.05, 4.69) is 31.1 Å². The molecule has 0 aromatic rings. The summed E-state index contributed by atoms with van der Waals surface area (Å²) in [4.78, 5) is 4.35. The van der Waals surface area contributed by atoms with Gasteiger partial charge in [0.1, 0.15) is 0 Å². The van der Waals surface area contributed by atoms with Crippen molar-refractivity contribution in [2.45, 2.75) is 46.0 Å². The van der Waals surface area contributed by atoms with E-state index in [0.717, 1.165) is 18.9 Å². The molecule has 74 valence electrons. The molecule has 1 heterocycles. The molecular formula is C12H21N. The van der Waals surface area contributed by atoms with Crippen LogP contribution in [0.25, 0.3) is 0 Å². The number of hydrogen-bond donors (Lipinski definition) is 0. The molecule has 0 aromatic carbocycles. The lowest BCUT2D eigenvalue weighted by atomic mass is 9.96. The van der Waals surface area contributed by atoms with Gasteiger partial charge in [-0.2, -0.15) is 0 Å². The van der Waals surface area contributed by atoms with Crippen LogP contribution in [-0.4, -0.2) is 12.8 Å². The van der Waals surface area contributed by atoms with Gasteiger partial charge < -0.3 is 0 Å². The van der Waals surface area contributed by atoms with Crippen LogP contribution in [0.5, 0.6) is 0 Å². The molecule has 0 saturated carbocycles. The predicted molar refractivity (Wildman–Crippen MR) is 59.4 cm³/mol. The fraction of sp³-hybridized carbons (Fsp3) is 0.750. The Labute approximate surface area is 82.0 Å². The van der Waals surface area contributed by atoms with Gasteiger partial charge in [-0.25, -0.2) is 0 Å². The Morgan fingerprint density at radius 1 is 1.23 bits per heavy atom. The minimum absolute atomic E-state index is 0.733. The third-order valence-corrected chi connectivity index (χ3v) is 2.58. The van der Waals surface area contributed by atoms with E-state index < -0.39 is 0 Å². The monoisotopic (exact) mass is 179 g/mol. The van der Waals surface area contributed by atoms with Crippen LogP contribution in [0.15, 0.2) is 16.6 Å². The first-order valence-electron chi connectivity index (χ1n) is 5.48. The molecule has 0 spiro atoms. The number of rotatable bonds is 1. The van der Waals surface area contributed by atoms with Gasteiger partial charge in [0.15, 0.2) is 0 Å². The maximum absolute atomic E-state index is 4.35. The standard InChI is InChI=1S/C12H21N/c1-11(2)12-7-3-5-9-13-10-6-4-8-12/h7,9,11H,3-6,8,10H2,1-2H3/b12-7-,13-9+. The van der Waals surface area contributed by atoms with Crippen LogP contribution in [0, 0.1) is 5.92 Å². The van der Waals surface area contributed by atoms with E-state index in [0.29, 0.717) is 0 Å². The van der Waals surface area contributed by atoms with Gasteiger partial charge in [0.2, 0.25) is 0 Å². The summed E-state index contributed by atoms with van der Waals surface area (Å²) in [6.07, 6.45) is 10.6. The molecule has 0 radical (unpaired) electrons. The molecule has 0 N–H and O–H groups in total. The second-order valence-corrected chi connectivity index (χ2v) is 4.06. The summed E-state index contributed by atoms with van der Waals surface area (Å²) in [6, 6.07) is 0. The highest BCUT2D eigenvalue weighted by Gasteiger charge is 2.02. The largest absolute Gasteiger partial charge is 0.298 e. The Morgan fingerprint density at radius 2 is 2.08 bits per heavy atom. The van der Waals surface area contributed by atoms with Gasteiger partial charge in [-0.15, -0.1) is 0 Å². The smallest absolute Gasteiger partial charge is 0.0385 e. The number of aliphatic imine (C=N–C) groups is 1. The lowest BCUT2D eigenvalue weighted by Crippen LogP contribution is -1.97. The zero-order valence-corrected chi connectivity index (χ0v) is 8.92. The zero-order chi connectivity index (χ0) is 9.52. The molecule has 0 aliphatic carbocycles. The molecule has 13 heavy (non-hydrogen) atoms. The van der Waals surface area contributed by atoms with Crippen molar-refractivity contribution in [2.24, 2.45) is 10.9 Å². The fourth-order valence-corrected chi connectivity index (χ4v) is 1.68. The Hall–Kier alpha value is -0.590. The number of hydrogen-bond acceptors (Lipinski definition) is 1. The Bertz CT molecular complexity index is 189. The third-order valence-electron chi connectivity index (χ3n) is 2.58. The van der Waals surface area contributed by atoms with Crippen molar-refractivity contribution >= 4 is 6.21 Å². The van der Waals surface area contributed by atoms with E-state index in [1.807, 2.05) is 0 Å². The highest BCUT2D eigenvalue weighted by atomic mass is 14.7. The van der Waals surface area contributed by atoms with Gasteiger partial charge in [-0.05, 0) is 44.2 Å². The molecule has 0 fully saturated rings. The second kappa shape index (κ2) is 5.95. The van der Waals surface area contributed by atoms with Crippen LogP contribution in [-0.2, 0) is 0 Å². The predicted octanol–water partition coefficient (Wildman–Crippen LogP) is 3.60. The maximum atomic E-state index is 4.35. The van der Waals surface area contributed by atoms with Crippen molar-refractivity contribution < 1.29 is 0 Å². The third kappa shape index (κ3) is 4.25. The Kier molecular flexibility index (Phi) is 4.81. The molecule has 1 aliphatic heterocycles. The molecule has 0 amide bonds. The van der Waals surface area contributed by atoms with Crippen molar-refractivity contribution in [3.63, 3.8) is 0 Å². The topological polar surface area (TPSA) is 12.4 Å². The minimum atomic E-state index is 0.733. The second-order valence-electron chi connectivity index (χ2n) is 4.06. The van der Waals surface area contributed by atoms with Crippen LogP contribution in [0.3, 0.4) is 0 Å². The van der Waals surface area contributed by atoms with Crippen LogP contribution < -0.4 is 0 Å². The lowest BCUT2D eigenvalue weighted by molar-refractivity contribution is 0.652. The summed E-state index contributed by atoms with van der Waals surface area (Å²) in [7, 11) is 0. The SMILES string of the molecule is CC(C)/C1=C\CC/C=N/CCCC1. The first-order valence-corrected chi connectivity index (χ1v) is 5.48. The normalized spacial score (nSPS) is 26.5. The van der Waals surface area contributed by atoms with Gasteiger partial charge in [-0.3, -0.25) is 4.99 Å². The van der Waals surface area contributed by atoms with Crippen molar-refractivity contribution in [1.29, 1.82) is 0 Å². The fourth-order valence-electron chi connectivity index (χ4n) is 1.68. The first-order chi connectivity index (χ1) is 6.30. The maximum Gasteiger partial charge on any atom is 0.0385 e. The van der Waals surface area contributed by atoms with Gasteiger partial charge in [0, 0.05) is 6.54 Å². The molecule has 1 rings (SSSR count). The molecular weight excluding hydrogens is 158 g/mol. The number of allylic oxidation sites excluding steroid dienone is 2. The average Bonchev–Trinajstić information content (AvgIpc) is 2.14. The van der Waals surface area contributed by atoms with Crippen molar-refractivity contribution in [3.8, 4) is 0 Å². The molecule has 0 atom stereocenters. The summed E-state index contributed by atoms with van der Waals surface area (Å²) in [5.41, 5.74) is 1.65. The van der Waals surface area contributed by atoms with Gasteiger partial charge >= 0.3 is 0 Å². The van der Waals surface area contributed by atoms with E-state index >= 15 is 0 Å². The van der Waals surface area contributed by atoms with Crippen molar-refractivity contribution in [3.05, 3.63) is 11.6 Å². The summed E-state index contributed by atoms with van der Waals surface area (Å²) in [5.74, 6) is 0.733. The average molecular weight is 179 g/mol. The van der Waals surface area contributed by atoms with Gasteiger partial charge in [0.05, 0.1) is 0 Å². The van der Waals surface area contributed by atoms with Crippen LogP contribution in [0.4, 0.5) is 0 Å². The zero-order valence-electron chi connectivity index (χ0n) is 8.92. The van der Waals surface area contributed by atoms with Crippen LogP contribution in [0.2, 0.25) is 0 Å². The van der Waals surface area contributed by atoms with E-state index in [1.165, 1.54) is 25.7 Å². The quantitative estimate of drug-likeness (QED) is 0.545. The highest BCUT2D eigenvalue weighted by molar-refractivity contribution is 5.57. The van der Waals surface area contributed by atoms with Gasteiger partial charge in [0.25, 0.3) is 0 Å². The highest BCUT2D eigenvalue weighted by Crippen LogP contribution is 2.18. The molecule has 0 aromatic heterocycles. The van der Waals surface area contributed by atoms with E-state index in [4.69, 9.17) is 0 Å². The van der Waals surface area contributed by atoms with E-state index in [1.54, 1.807) is 5.57 Å². The molecule has 0 saturated heterocycles. The first kappa shape index (κ1) is 10.5. The Balaban J connectivity index is 2.49. The van der Waals surface area contributed by atoms with E-state index in [-0.39, 0.29) is 0 Å². The van der Waals surface area contributed by atoms with Crippen LogP contribution in [0.1, 0.15) is 46.0 Å². The summed E-state index contributed by atoms with van der Waals surface area (Å²) in [5, 5.41) is 0. The summed E-state index contributed by atoms with van der Waals surface area (Å²) >= 11 is 0. The van der Waals surface area contributed by atoms with Crippen molar-refractivity contribution in [2.75, 3.05) is 6.54 Å². The molecule has 0 bridgehead atoms. The Morgan fingerprint density at radius 3 is 2.85 bits per heavy atom. The van der Waals surface area contributed by atoms with Crippen LogP contribution >= 0.6 is 0 Å². The van der Waals surface area contributed by atoms with Gasteiger partial charge in [-0.1, -0.05) is 25.5 Å². The summed E-state index contributed by atoms with van der Waals surface area (Å²) in [6.45, 7) is 5.63. The minimum Gasteiger partial charge on any atom is -0.298 e. The number of nitrogens with zero attached hydrogens (tertiary/aromatic N) is 1. The molecule has 0 unspecified atom stereocenters. The molecule has 1 heteroatoms. The molecule has 1 nitrogen and oxygen atoms in total. The lowest BCUT2D eigenvalue weighted by Gasteiger charge is -2.11. The molecule has 1 aliphatic rings. The summed E-state index contributed by atoms with van der Waals surface area (Å²) < 4.78 is 0. The van der Waals surface area contributed by atoms with E-state index in [9.17, 15) is 0 Å².